The number of thioether (sulfide) groups is 1. The molecule has 0 saturated carbocycles. The second-order valence-corrected chi connectivity index (χ2v) is 6.84. The van der Waals surface area contributed by atoms with Crippen LogP contribution in [0.25, 0.3) is 0 Å². The van der Waals surface area contributed by atoms with Gasteiger partial charge in [-0.3, -0.25) is 0 Å². The van der Waals surface area contributed by atoms with Crippen molar-refractivity contribution in [1.29, 1.82) is 0 Å². The van der Waals surface area contributed by atoms with Crippen LogP contribution >= 0.6 is 11.8 Å². The molecule has 0 N–H and O–H groups in total. The molecule has 114 valence electrons. The Balaban J connectivity index is 1.92. The predicted octanol–water partition coefficient (Wildman–Crippen LogP) is 6.43. The SMILES string of the molecule is C=C(Sc1ccc(C)cc1)C(c1ccccc1)c1ccccc1. The molecule has 0 amide bonds. The third-order valence-electron chi connectivity index (χ3n) is 3.86. The van der Waals surface area contributed by atoms with Gasteiger partial charge in [0.15, 0.2) is 0 Å². The van der Waals surface area contributed by atoms with Crippen LogP contribution in [-0.2, 0) is 0 Å². The van der Waals surface area contributed by atoms with Gasteiger partial charge in [0, 0.05) is 10.8 Å². The van der Waals surface area contributed by atoms with Crippen molar-refractivity contribution in [2.45, 2.75) is 17.7 Å². The highest BCUT2D eigenvalue weighted by Crippen LogP contribution is 2.40. The molecule has 0 unspecified atom stereocenters. The molecule has 0 spiro atoms. The first-order valence-electron chi connectivity index (χ1n) is 7.77. The van der Waals surface area contributed by atoms with Gasteiger partial charge in [0.1, 0.15) is 0 Å². The van der Waals surface area contributed by atoms with E-state index in [0.29, 0.717) is 0 Å². The number of allylic oxidation sites excluding steroid dienone is 1. The van der Waals surface area contributed by atoms with Gasteiger partial charge in [-0.25, -0.2) is 0 Å². The molecule has 23 heavy (non-hydrogen) atoms. The van der Waals surface area contributed by atoms with Crippen LogP contribution in [0.15, 0.2) is 101 Å². The van der Waals surface area contributed by atoms with Gasteiger partial charge < -0.3 is 0 Å². The number of hydrogen-bond acceptors (Lipinski definition) is 1. The second-order valence-electron chi connectivity index (χ2n) is 5.64. The zero-order valence-electron chi connectivity index (χ0n) is 13.3. The Morgan fingerprint density at radius 3 is 1.70 bits per heavy atom. The van der Waals surface area contributed by atoms with E-state index in [1.807, 2.05) is 0 Å². The van der Waals surface area contributed by atoms with E-state index in [0.717, 1.165) is 4.91 Å². The lowest BCUT2D eigenvalue weighted by molar-refractivity contribution is 1.01. The number of aryl methyl sites for hydroxylation is 1. The topological polar surface area (TPSA) is 0 Å². The first-order chi connectivity index (χ1) is 11.2. The Morgan fingerprint density at radius 2 is 1.22 bits per heavy atom. The molecule has 0 aromatic heterocycles. The van der Waals surface area contributed by atoms with Crippen LogP contribution in [0, 0.1) is 6.92 Å². The third kappa shape index (κ3) is 3.94. The van der Waals surface area contributed by atoms with E-state index in [2.05, 4.69) is 98.4 Å². The molecule has 3 aromatic rings. The summed E-state index contributed by atoms with van der Waals surface area (Å²) < 4.78 is 0. The van der Waals surface area contributed by atoms with Gasteiger partial charge in [0.25, 0.3) is 0 Å². The highest BCUT2D eigenvalue weighted by molar-refractivity contribution is 8.03. The average Bonchev–Trinajstić information content (AvgIpc) is 2.59. The largest absolute Gasteiger partial charge is 0.0942 e. The summed E-state index contributed by atoms with van der Waals surface area (Å²) in [5.74, 6) is 0.198. The Bertz CT molecular complexity index is 719. The molecule has 3 rings (SSSR count). The summed E-state index contributed by atoms with van der Waals surface area (Å²) >= 11 is 1.76. The van der Waals surface area contributed by atoms with Crippen molar-refractivity contribution in [2.24, 2.45) is 0 Å². The minimum absolute atomic E-state index is 0.198. The average molecular weight is 316 g/mol. The zero-order chi connectivity index (χ0) is 16.1. The fourth-order valence-corrected chi connectivity index (χ4v) is 3.64. The van der Waals surface area contributed by atoms with Gasteiger partial charge >= 0.3 is 0 Å². The van der Waals surface area contributed by atoms with Gasteiger partial charge in [0.2, 0.25) is 0 Å². The Kier molecular flexibility index (Phi) is 4.99. The molecule has 0 nitrogen and oxygen atoms in total. The molecular weight excluding hydrogens is 296 g/mol. The normalized spacial score (nSPS) is 10.7. The van der Waals surface area contributed by atoms with E-state index in [-0.39, 0.29) is 5.92 Å². The van der Waals surface area contributed by atoms with Crippen LogP contribution < -0.4 is 0 Å². The third-order valence-corrected chi connectivity index (χ3v) is 4.86. The maximum Gasteiger partial charge on any atom is 0.0397 e. The summed E-state index contributed by atoms with van der Waals surface area (Å²) in [7, 11) is 0. The van der Waals surface area contributed by atoms with Gasteiger partial charge in [-0.05, 0) is 35.1 Å². The minimum Gasteiger partial charge on any atom is -0.0942 e. The van der Waals surface area contributed by atoms with E-state index in [1.165, 1.54) is 21.6 Å². The van der Waals surface area contributed by atoms with E-state index < -0.39 is 0 Å². The standard InChI is InChI=1S/C22H20S/c1-17-13-15-21(16-14-17)23-18(2)22(19-9-5-3-6-10-19)20-11-7-4-8-12-20/h3-16,22H,2H2,1H3. The van der Waals surface area contributed by atoms with Crippen molar-refractivity contribution >= 4 is 11.8 Å². The summed E-state index contributed by atoms with van der Waals surface area (Å²) in [6.07, 6.45) is 0. The maximum atomic E-state index is 4.39. The first kappa shape index (κ1) is 15.6. The van der Waals surface area contributed by atoms with Crippen LogP contribution in [0.2, 0.25) is 0 Å². The molecule has 0 atom stereocenters. The smallest absolute Gasteiger partial charge is 0.0397 e. The Labute approximate surface area is 142 Å². The summed E-state index contributed by atoms with van der Waals surface area (Å²) in [6.45, 7) is 6.50. The van der Waals surface area contributed by atoms with Gasteiger partial charge in [-0.15, -0.1) is 0 Å². The van der Waals surface area contributed by atoms with Crippen molar-refractivity contribution in [2.75, 3.05) is 0 Å². The van der Waals surface area contributed by atoms with Crippen LogP contribution in [0.3, 0.4) is 0 Å². The lowest BCUT2D eigenvalue weighted by Crippen LogP contribution is -2.02. The molecule has 0 radical (unpaired) electrons. The monoisotopic (exact) mass is 316 g/mol. The van der Waals surface area contributed by atoms with Crippen molar-refractivity contribution in [3.8, 4) is 0 Å². The number of rotatable bonds is 5. The summed E-state index contributed by atoms with van der Waals surface area (Å²) in [5, 5.41) is 0. The summed E-state index contributed by atoms with van der Waals surface area (Å²) in [4.78, 5) is 2.38. The molecular formula is C22H20S. The quantitative estimate of drug-likeness (QED) is 0.488. The summed E-state index contributed by atoms with van der Waals surface area (Å²) in [6, 6.07) is 29.8. The molecule has 0 bridgehead atoms. The molecule has 0 aliphatic rings. The second kappa shape index (κ2) is 7.34. The fraction of sp³-hybridized carbons (Fsp3) is 0.0909. The molecule has 1 heteroatoms. The first-order valence-corrected chi connectivity index (χ1v) is 8.59. The number of hydrogen-bond donors (Lipinski definition) is 0. The highest BCUT2D eigenvalue weighted by atomic mass is 32.2. The van der Waals surface area contributed by atoms with Crippen molar-refractivity contribution in [3.63, 3.8) is 0 Å². The van der Waals surface area contributed by atoms with E-state index in [1.54, 1.807) is 11.8 Å². The Hall–Kier alpha value is -2.25. The highest BCUT2D eigenvalue weighted by Gasteiger charge is 2.18. The van der Waals surface area contributed by atoms with Crippen LogP contribution in [0.4, 0.5) is 0 Å². The molecule has 0 fully saturated rings. The molecule has 0 heterocycles. The van der Waals surface area contributed by atoms with Crippen molar-refractivity contribution in [1.82, 2.24) is 0 Å². The lowest BCUT2D eigenvalue weighted by atomic mass is 9.91. The molecule has 3 aromatic carbocycles. The van der Waals surface area contributed by atoms with E-state index in [9.17, 15) is 0 Å². The maximum absolute atomic E-state index is 4.39. The fourth-order valence-electron chi connectivity index (χ4n) is 2.67. The number of benzene rings is 3. The van der Waals surface area contributed by atoms with Crippen molar-refractivity contribution in [3.05, 3.63) is 113 Å². The zero-order valence-corrected chi connectivity index (χ0v) is 14.1. The van der Waals surface area contributed by atoms with Crippen LogP contribution in [-0.4, -0.2) is 0 Å². The molecule has 0 aliphatic carbocycles. The summed E-state index contributed by atoms with van der Waals surface area (Å²) in [5.41, 5.74) is 3.84. The van der Waals surface area contributed by atoms with Crippen LogP contribution in [0.5, 0.6) is 0 Å². The minimum atomic E-state index is 0.198. The van der Waals surface area contributed by atoms with Gasteiger partial charge in [-0.2, -0.15) is 0 Å². The van der Waals surface area contributed by atoms with Crippen LogP contribution in [0.1, 0.15) is 22.6 Å². The molecule has 0 saturated heterocycles. The molecule has 0 aliphatic heterocycles. The van der Waals surface area contributed by atoms with E-state index in [4.69, 9.17) is 0 Å². The lowest BCUT2D eigenvalue weighted by Gasteiger charge is -2.20. The van der Waals surface area contributed by atoms with Crippen molar-refractivity contribution < 1.29 is 0 Å². The van der Waals surface area contributed by atoms with Gasteiger partial charge in [-0.1, -0.05) is 96.7 Å². The predicted molar refractivity (Wildman–Crippen MR) is 101 cm³/mol. The van der Waals surface area contributed by atoms with Gasteiger partial charge in [0.05, 0.1) is 0 Å². The Morgan fingerprint density at radius 1 is 0.739 bits per heavy atom. The van der Waals surface area contributed by atoms with E-state index >= 15 is 0 Å².